The van der Waals surface area contributed by atoms with Gasteiger partial charge in [0.05, 0.1) is 4.90 Å². The van der Waals surface area contributed by atoms with Gasteiger partial charge in [0.25, 0.3) is 0 Å². The molecule has 0 amide bonds. The highest BCUT2D eigenvalue weighted by Gasteiger charge is 2.21. The predicted octanol–water partition coefficient (Wildman–Crippen LogP) is 2.39. The minimum Gasteiger partial charge on any atom is -0.466 e. The van der Waals surface area contributed by atoms with E-state index in [1.807, 2.05) is 19.9 Å². The van der Waals surface area contributed by atoms with Gasteiger partial charge in [-0.3, -0.25) is 0 Å². The van der Waals surface area contributed by atoms with Gasteiger partial charge >= 0.3 is 0 Å². The number of hydrogen-bond donors (Lipinski definition) is 2. The molecule has 1 aromatic heterocycles. The molecule has 0 aliphatic rings. The van der Waals surface area contributed by atoms with E-state index in [4.69, 9.17) is 10.2 Å². The van der Waals surface area contributed by atoms with E-state index >= 15 is 0 Å². The molecule has 2 aromatic rings. The molecule has 6 heteroatoms. The lowest BCUT2D eigenvalue weighted by Crippen LogP contribution is -2.27. The van der Waals surface area contributed by atoms with Crippen molar-refractivity contribution in [2.75, 3.05) is 0 Å². The van der Waals surface area contributed by atoms with Crippen LogP contribution in [0.1, 0.15) is 35.6 Å². The van der Waals surface area contributed by atoms with Crippen molar-refractivity contribution in [3.8, 4) is 0 Å². The van der Waals surface area contributed by atoms with Crippen molar-refractivity contribution < 1.29 is 12.8 Å². The second-order valence-electron chi connectivity index (χ2n) is 5.06. The molecular formula is C15H20N2O3S. The molecule has 3 N–H and O–H groups in total. The molecule has 21 heavy (non-hydrogen) atoms. The molecule has 1 atom stereocenters. The average molecular weight is 308 g/mol. The first-order valence-electron chi connectivity index (χ1n) is 6.72. The Balaban J connectivity index is 2.26. The molecule has 0 saturated heterocycles. The maximum atomic E-state index is 12.4. The fourth-order valence-electron chi connectivity index (χ4n) is 2.28. The van der Waals surface area contributed by atoms with Crippen LogP contribution in [0.4, 0.5) is 0 Å². The molecule has 114 valence electrons. The fourth-order valence-corrected chi connectivity index (χ4v) is 3.58. The zero-order valence-corrected chi connectivity index (χ0v) is 13.2. The SMILES string of the molecule is Cc1cc(C(C)NS(=O)(=O)c2cccc(CN)c2)c(C)o1. The van der Waals surface area contributed by atoms with E-state index in [0.29, 0.717) is 6.54 Å². The van der Waals surface area contributed by atoms with E-state index < -0.39 is 10.0 Å². The highest BCUT2D eigenvalue weighted by atomic mass is 32.2. The van der Waals surface area contributed by atoms with Crippen molar-refractivity contribution in [1.82, 2.24) is 4.72 Å². The minimum atomic E-state index is -3.59. The summed E-state index contributed by atoms with van der Waals surface area (Å²) in [6, 6.07) is 8.11. The Morgan fingerprint density at radius 1 is 1.29 bits per heavy atom. The van der Waals surface area contributed by atoms with E-state index in [2.05, 4.69) is 4.72 Å². The van der Waals surface area contributed by atoms with E-state index in [9.17, 15) is 8.42 Å². The predicted molar refractivity (Wildman–Crippen MR) is 81.3 cm³/mol. The lowest BCUT2D eigenvalue weighted by molar-refractivity contribution is 0.496. The van der Waals surface area contributed by atoms with Gasteiger partial charge in [-0.2, -0.15) is 0 Å². The Morgan fingerprint density at radius 2 is 2.00 bits per heavy atom. The number of nitrogens with two attached hydrogens (primary N) is 1. The largest absolute Gasteiger partial charge is 0.466 e. The van der Waals surface area contributed by atoms with Gasteiger partial charge in [-0.1, -0.05) is 12.1 Å². The lowest BCUT2D eigenvalue weighted by atomic mass is 10.1. The first-order chi connectivity index (χ1) is 9.83. The second kappa shape index (κ2) is 6.01. The van der Waals surface area contributed by atoms with Crippen molar-refractivity contribution in [3.63, 3.8) is 0 Å². The van der Waals surface area contributed by atoms with Crippen LogP contribution in [0.15, 0.2) is 39.6 Å². The highest BCUT2D eigenvalue weighted by Crippen LogP contribution is 2.23. The molecule has 0 spiro atoms. The number of benzene rings is 1. The van der Waals surface area contributed by atoms with Crippen LogP contribution in [0.25, 0.3) is 0 Å². The van der Waals surface area contributed by atoms with E-state index in [-0.39, 0.29) is 10.9 Å². The van der Waals surface area contributed by atoms with Crippen LogP contribution in [0.2, 0.25) is 0 Å². The van der Waals surface area contributed by atoms with Gasteiger partial charge in [0.15, 0.2) is 0 Å². The summed E-state index contributed by atoms with van der Waals surface area (Å²) in [5.74, 6) is 1.48. The molecule has 0 fully saturated rings. The van der Waals surface area contributed by atoms with E-state index in [1.54, 1.807) is 31.2 Å². The number of sulfonamides is 1. The summed E-state index contributed by atoms with van der Waals surface area (Å²) in [4.78, 5) is 0.218. The molecule has 0 radical (unpaired) electrons. The third-order valence-corrected chi connectivity index (χ3v) is 4.86. The molecule has 0 saturated carbocycles. The first kappa shape index (κ1) is 15.8. The van der Waals surface area contributed by atoms with E-state index in [0.717, 1.165) is 22.6 Å². The summed E-state index contributed by atoms with van der Waals surface area (Å²) in [7, 11) is -3.59. The minimum absolute atomic E-state index is 0.218. The Kier molecular flexibility index (Phi) is 4.51. The van der Waals surface area contributed by atoms with Gasteiger partial charge in [-0.05, 0) is 44.5 Å². The number of rotatable bonds is 5. The van der Waals surface area contributed by atoms with Crippen LogP contribution in [0, 0.1) is 13.8 Å². The fraction of sp³-hybridized carbons (Fsp3) is 0.333. The van der Waals surface area contributed by atoms with Crippen LogP contribution >= 0.6 is 0 Å². The molecule has 1 unspecified atom stereocenters. The number of aryl methyl sites for hydroxylation is 2. The Bertz CT molecular complexity index is 735. The third-order valence-electron chi connectivity index (χ3n) is 3.32. The third kappa shape index (κ3) is 3.53. The van der Waals surface area contributed by atoms with Gasteiger partial charge in [0, 0.05) is 18.2 Å². The van der Waals surface area contributed by atoms with Crippen molar-refractivity contribution in [1.29, 1.82) is 0 Å². The van der Waals surface area contributed by atoms with Crippen molar-refractivity contribution >= 4 is 10.0 Å². The van der Waals surface area contributed by atoms with Crippen molar-refractivity contribution in [2.24, 2.45) is 5.73 Å². The lowest BCUT2D eigenvalue weighted by Gasteiger charge is -2.14. The molecule has 1 aromatic carbocycles. The van der Waals surface area contributed by atoms with Crippen molar-refractivity contribution in [2.45, 2.75) is 38.3 Å². The average Bonchev–Trinajstić information content (AvgIpc) is 2.77. The van der Waals surface area contributed by atoms with Crippen LogP contribution in [-0.4, -0.2) is 8.42 Å². The zero-order valence-electron chi connectivity index (χ0n) is 12.4. The Hall–Kier alpha value is -1.63. The summed E-state index contributed by atoms with van der Waals surface area (Å²) in [6.45, 7) is 5.76. The van der Waals surface area contributed by atoms with Crippen LogP contribution in [0.5, 0.6) is 0 Å². The summed E-state index contributed by atoms with van der Waals surface area (Å²) < 4.78 is 32.9. The van der Waals surface area contributed by atoms with Crippen LogP contribution < -0.4 is 10.5 Å². The maximum Gasteiger partial charge on any atom is 0.241 e. The molecule has 1 heterocycles. The van der Waals surface area contributed by atoms with Gasteiger partial charge in [-0.15, -0.1) is 0 Å². The van der Waals surface area contributed by atoms with Crippen LogP contribution in [0.3, 0.4) is 0 Å². The maximum absolute atomic E-state index is 12.4. The van der Waals surface area contributed by atoms with Gasteiger partial charge in [0.1, 0.15) is 11.5 Å². The molecular weight excluding hydrogens is 288 g/mol. The first-order valence-corrected chi connectivity index (χ1v) is 8.20. The van der Waals surface area contributed by atoms with Crippen LogP contribution in [-0.2, 0) is 16.6 Å². The summed E-state index contributed by atoms with van der Waals surface area (Å²) >= 11 is 0. The molecule has 0 bridgehead atoms. The quantitative estimate of drug-likeness (QED) is 0.888. The van der Waals surface area contributed by atoms with Gasteiger partial charge in [0.2, 0.25) is 10.0 Å². The van der Waals surface area contributed by atoms with E-state index in [1.165, 1.54) is 0 Å². The Labute approximate surface area is 125 Å². The number of nitrogens with one attached hydrogen (secondary N) is 1. The normalized spacial score (nSPS) is 13.3. The molecule has 0 aliphatic carbocycles. The number of furan rings is 1. The van der Waals surface area contributed by atoms with Crippen molar-refractivity contribution in [3.05, 3.63) is 53.0 Å². The molecule has 2 rings (SSSR count). The summed E-state index contributed by atoms with van der Waals surface area (Å²) in [5, 5.41) is 0. The zero-order chi connectivity index (χ0) is 15.6. The highest BCUT2D eigenvalue weighted by molar-refractivity contribution is 7.89. The second-order valence-corrected chi connectivity index (χ2v) is 6.78. The smallest absolute Gasteiger partial charge is 0.241 e. The molecule has 0 aliphatic heterocycles. The Morgan fingerprint density at radius 3 is 2.57 bits per heavy atom. The summed E-state index contributed by atoms with van der Waals surface area (Å²) in [6.07, 6.45) is 0. The topological polar surface area (TPSA) is 85.3 Å². The van der Waals surface area contributed by atoms with Gasteiger partial charge < -0.3 is 10.2 Å². The molecule has 5 nitrogen and oxygen atoms in total. The monoisotopic (exact) mass is 308 g/mol. The summed E-state index contributed by atoms with van der Waals surface area (Å²) in [5.41, 5.74) is 7.17. The van der Waals surface area contributed by atoms with Gasteiger partial charge in [-0.25, -0.2) is 13.1 Å². The number of hydrogen-bond acceptors (Lipinski definition) is 4. The standard InChI is InChI=1S/C15H20N2O3S/c1-10-7-15(12(3)20-10)11(2)17-21(18,19)14-6-4-5-13(8-14)9-16/h4-8,11,17H,9,16H2,1-3H3.